The summed E-state index contributed by atoms with van der Waals surface area (Å²) in [6.07, 6.45) is 0.255. The molecule has 0 radical (unpaired) electrons. The van der Waals surface area contributed by atoms with E-state index in [-0.39, 0.29) is 0 Å². The van der Waals surface area contributed by atoms with Crippen LogP contribution in [0.3, 0.4) is 0 Å². The minimum absolute atomic E-state index is 0.417. The van der Waals surface area contributed by atoms with Crippen molar-refractivity contribution in [3.05, 3.63) is 55.7 Å². The van der Waals surface area contributed by atoms with E-state index in [4.69, 9.17) is 0 Å². The quantitative estimate of drug-likeness (QED) is 0.810. The van der Waals surface area contributed by atoms with Crippen molar-refractivity contribution >= 4 is 27.3 Å². The lowest BCUT2D eigenvalue weighted by atomic mass is 9.99. The molecular formula is C16H19BrOS. The largest absolute Gasteiger partial charge is 0.387 e. The lowest BCUT2D eigenvalue weighted by Crippen LogP contribution is -2.00. The Balaban J connectivity index is 2.08. The summed E-state index contributed by atoms with van der Waals surface area (Å²) in [6, 6.07) is 10.6. The van der Waals surface area contributed by atoms with Crippen LogP contribution in [-0.2, 0) is 6.42 Å². The second-order valence-corrected chi connectivity index (χ2v) is 7.62. The van der Waals surface area contributed by atoms with Gasteiger partial charge in [0.15, 0.2) is 0 Å². The van der Waals surface area contributed by atoms with Crippen LogP contribution in [-0.4, -0.2) is 5.11 Å². The highest BCUT2D eigenvalue weighted by Crippen LogP contribution is 2.32. The Morgan fingerprint density at radius 2 is 1.84 bits per heavy atom. The second kappa shape index (κ2) is 6.21. The number of aliphatic hydroxyl groups is 1. The van der Waals surface area contributed by atoms with Crippen molar-refractivity contribution in [2.75, 3.05) is 0 Å². The molecule has 0 saturated carbocycles. The molecule has 1 atom stereocenters. The van der Waals surface area contributed by atoms with Crippen LogP contribution in [0, 0.1) is 6.92 Å². The summed E-state index contributed by atoms with van der Waals surface area (Å²) in [5.41, 5.74) is 3.71. The maximum absolute atomic E-state index is 10.3. The number of thiophene rings is 1. The van der Waals surface area contributed by atoms with Crippen LogP contribution in [0.1, 0.15) is 47.4 Å². The van der Waals surface area contributed by atoms with Gasteiger partial charge >= 0.3 is 0 Å². The zero-order chi connectivity index (χ0) is 14.0. The van der Waals surface area contributed by atoms with Gasteiger partial charge in [-0.3, -0.25) is 0 Å². The molecule has 0 aliphatic heterocycles. The molecule has 0 bridgehead atoms. The average molecular weight is 339 g/mol. The number of aliphatic hydroxyl groups excluding tert-OH is 1. The third kappa shape index (κ3) is 3.68. The average Bonchev–Trinajstić information content (AvgIpc) is 2.70. The van der Waals surface area contributed by atoms with Crippen molar-refractivity contribution < 1.29 is 5.11 Å². The minimum Gasteiger partial charge on any atom is -0.387 e. The van der Waals surface area contributed by atoms with E-state index >= 15 is 0 Å². The van der Waals surface area contributed by atoms with Crippen LogP contribution < -0.4 is 0 Å². The number of rotatable bonds is 4. The van der Waals surface area contributed by atoms with E-state index in [1.807, 2.05) is 6.92 Å². The monoisotopic (exact) mass is 338 g/mol. The predicted octanol–water partition coefficient (Wildman–Crippen LogP) is 5.22. The van der Waals surface area contributed by atoms with Crippen LogP contribution in [0.5, 0.6) is 0 Å². The van der Waals surface area contributed by atoms with Gasteiger partial charge in [-0.15, -0.1) is 11.3 Å². The molecule has 0 aliphatic carbocycles. The van der Waals surface area contributed by atoms with Gasteiger partial charge in [0.05, 0.1) is 9.89 Å². The Hall–Kier alpha value is -0.640. The van der Waals surface area contributed by atoms with Gasteiger partial charge in [0, 0.05) is 11.3 Å². The smallest absolute Gasteiger partial charge is 0.0922 e. The van der Waals surface area contributed by atoms with Gasteiger partial charge in [-0.25, -0.2) is 0 Å². The second-order valence-electron chi connectivity index (χ2n) is 5.22. The fourth-order valence-electron chi connectivity index (χ4n) is 2.01. The number of halogens is 1. The van der Waals surface area contributed by atoms with Crippen molar-refractivity contribution in [1.29, 1.82) is 0 Å². The van der Waals surface area contributed by atoms with Crippen LogP contribution in [0.2, 0.25) is 0 Å². The Morgan fingerprint density at radius 1 is 1.21 bits per heavy atom. The predicted molar refractivity (Wildman–Crippen MR) is 86.0 cm³/mol. The molecule has 3 heteroatoms. The molecule has 2 aromatic rings. The Morgan fingerprint density at radius 3 is 2.32 bits per heavy atom. The van der Waals surface area contributed by atoms with E-state index in [0.29, 0.717) is 12.3 Å². The Bertz CT molecular complexity index is 523. The van der Waals surface area contributed by atoms with Gasteiger partial charge in [0.25, 0.3) is 0 Å². The SMILES string of the molecule is Cc1cc(C(O)Cc2ccc(C(C)C)cc2)sc1Br. The highest BCUT2D eigenvalue weighted by molar-refractivity contribution is 9.11. The Labute approximate surface area is 127 Å². The minimum atomic E-state index is -0.417. The summed E-state index contributed by atoms with van der Waals surface area (Å²) in [6.45, 7) is 6.43. The molecule has 1 unspecified atom stereocenters. The molecule has 0 spiro atoms. The molecule has 2 rings (SSSR count). The van der Waals surface area contributed by atoms with Gasteiger partial charge < -0.3 is 5.11 Å². The first-order valence-electron chi connectivity index (χ1n) is 6.50. The lowest BCUT2D eigenvalue weighted by Gasteiger charge is -2.10. The molecular weight excluding hydrogens is 320 g/mol. The van der Waals surface area contributed by atoms with Gasteiger partial charge in [0.1, 0.15) is 0 Å². The molecule has 1 aromatic heterocycles. The highest BCUT2D eigenvalue weighted by Gasteiger charge is 2.13. The number of hydrogen-bond acceptors (Lipinski definition) is 2. The molecule has 0 fully saturated rings. The first-order valence-corrected chi connectivity index (χ1v) is 8.11. The topological polar surface area (TPSA) is 20.2 Å². The maximum Gasteiger partial charge on any atom is 0.0922 e. The first-order chi connectivity index (χ1) is 8.97. The van der Waals surface area contributed by atoms with E-state index in [2.05, 4.69) is 60.1 Å². The molecule has 1 aromatic carbocycles. The first kappa shape index (κ1) is 14.8. The number of benzene rings is 1. The number of hydrogen-bond donors (Lipinski definition) is 1. The molecule has 102 valence electrons. The van der Waals surface area contributed by atoms with E-state index < -0.39 is 6.10 Å². The summed E-state index contributed by atoms with van der Waals surface area (Å²) in [7, 11) is 0. The van der Waals surface area contributed by atoms with Crippen molar-refractivity contribution in [3.8, 4) is 0 Å². The summed E-state index contributed by atoms with van der Waals surface area (Å²) in [5, 5.41) is 10.3. The van der Waals surface area contributed by atoms with Crippen LogP contribution >= 0.6 is 27.3 Å². The molecule has 1 N–H and O–H groups in total. The lowest BCUT2D eigenvalue weighted by molar-refractivity contribution is 0.182. The summed E-state index contributed by atoms with van der Waals surface area (Å²) in [5.74, 6) is 0.551. The third-order valence-electron chi connectivity index (χ3n) is 3.28. The summed E-state index contributed by atoms with van der Waals surface area (Å²) < 4.78 is 1.11. The number of aryl methyl sites for hydroxylation is 1. The van der Waals surface area contributed by atoms with Gasteiger partial charge in [-0.1, -0.05) is 38.1 Å². The highest BCUT2D eigenvalue weighted by atomic mass is 79.9. The zero-order valence-electron chi connectivity index (χ0n) is 11.5. The van der Waals surface area contributed by atoms with E-state index in [1.165, 1.54) is 16.7 Å². The van der Waals surface area contributed by atoms with Crippen molar-refractivity contribution in [3.63, 3.8) is 0 Å². The fourth-order valence-corrected chi connectivity index (χ4v) is 3.57. The normalized spacial score (nSPS) is 12.9. The maximum atomic E-state index is 10.3. The van der Waals surface area contributed by atoms with Gasteiger partial charge in [0.2, 0.25) is 0 Å². The summed E-state index contributed by atoms with van der Waals surface area (Å²) >= 11 is 5.12. The molecule has 0 amide bonds. The molecule has 0 aliphatic rings. The van der Waals surface area contributed by atoms with Crippen LogP contribution in [0.25, 0.3) is 0 Å². The van der Waals surface area contributed by atoms with Crippen molar-refractivity contribution in [2.45, 2.75) is 39.2 Å². The third-order valence-corrected chi connectivity index (χ3v) is 5.52. The zero-order valence-corrected chi connectivity index (χ0v) is 13.9. The van der Waals surface area contributed by atoms with Gasteiger partial charge in [-0.2, -0.15) is 0 Å². The summed E-state index contributed by atoms with van der Waals surface area (Å²) in [4.78, 5) is 1.03. The molecule has 1 heterocycles. The Kier molecular flexibility index (Phi) is 4.82. The van der Waals surface area contributed by atoms with E-state index in [0.717, 1.165) is 8.66 Å². The van der Waals surface area contributed by atoms with E-state index in [1.54, 1.807) is 11.3 Å². The molecule has 19 heavy (non-hydrogen) atoms. The molecule has 1 nitrogen and oxygen atoms in total. The van der Waals surface area contributed by atoms with E-state index in [9.17, 15) is 5.11 Å². The molecule has 0 saturated heterocycles. The fraction of sp³-hybridized carbons (Fsp3) is 0.375. The van der Waals surface area contributed by atoms with Gasteiger partial charge in [-0.05, 0) is 51.5 Å². The van der Waals surface area contributed by atoms with Crippen molar-refractivity contribution in [1.82, 2.24) is 0 Å². The van der Waals surface area contributed by atoms with Crippen LogP contribution in [0.15, 0.2) is 34.1 Å². The van der Waals surface area contributed by atoms with Crippen molar-refractivity contribution in [2.24, 2.45) is 0 Å². The van der Waals surface area contributed by atoms with Crippen LogP contribution in [0.4, 0.5) is 0 Å². The standard InChI is InChI=1S/C16H19BrOS/c1-10(2)13-6-4-12(5-7-13)9-14(18)15-8-11(3)16(17)19-15/h4-8,10,14,18H,9H2,1-3H3.